The molecule has 1 aromatic carbocycles. The third kappa shape index (κ3) is 3.39. The summed E-state index contributed by atoms with van der Waals surface area (Å²) < 4.78 is 1.99. The molecular formula is C11H6BrClIN3O. The quantitative estimate of drug-likeness (QED) is 0.727. The summed E-state index contributed by atoms with van der Waals surface area (Å²) >= 11 is 11.2. The second-order valence-corrected chi connectivity index (χ2v) is 5.71. The zero-order valence-electron chi connectivity index (χ0n) is 8.82. The number of aromatic nitrogens is 2. The Labute approximate surface area is 130 Å². The first-order valence-corrected chi connectivity index (χ1v) is 7.05. The number of benzene rings is 1. The monoisotopic (exact) mass is 437 g/mol. The number of carbonyl (C=O) groups is 1. The fourth-order valence-corrected chi connectivity index (χ4v) is 2.01. The molecule has 0 fully saturated rings. The molecule has 0 aliphatic heterocycles. The van der Waals surface area contributed by atoms with Gasteiger partial charge in [-0.1, -0.05) is 11.6 Å². The van der Waals surface area contributed by atoms with Crippen molar-refractivity contribution in [3.63, 3.8) is 0 Å². The molecule has 0 spiro atoms. The normalized spacial score (nSPS) is 10.2. The Morgan fingerprint density at radius 3 is 2.72 bits per heavy atom. The number of hydrogen-bond acceptors (Lipinski definition) is 3. The molecule has 1 aromatic heterocycles. The van der Waals surface area contributed by atoms with E-state index in [-0.39, 0.29) is 16.8 Å². The van der Waals surface area contributed by atoms with E-state index in [1.165, 1.54) is 12.4 Å². The Morgan fingerprint density at radius 2 is 2.11 bits per heavy atom. The van der Waals surface area contributed by atoms with E-state index in [1.807, 2.05) is 18.2 Å². The van der Waals surface area contributed by atoms with Gasteiger partial charge in [0.1, 0.15) is 10.8 Å². The van der Waals surface area contributed by atoms with Gasteiger partial charge in [-0.25, -0.2) is 9.97 Å². The lowest BCUT2D eigenvalue weighted by Gasteiger charge is -2.05. The molecule has 0 saturated heterocycles. The van der Waals surface area contributed by atoms with Crippen LogP contribution in [0.3, 0.4) is 0 Å². The Bertz CT molecular complexity index is 591. The molecule has 0 unspecified atom stereocenters. The predicted molar refractivity (Wildman–Crippen MR) is 81.9 cm³/mol. The molecule has 0 aliphatic carbocycles. The van der Waals surface area contributed by atoms with E-state index in [1.54, 1.807) is 0 Å². The van der Waals surface area contributed by atoms with Crippen LogP contribution >= 0.6 is 50.1 Å². The Hall–Kier alpha value is -0.730. The average molecular weight is 438 g/mol. The summed E-state index contributed by atoms with van der Waals surface area (Å²) in [5, 5.41) is 2.98. The highest BCUT2D eigenvalue weighted by Gasteiger charge is 2.08. The maximum Gasteiger partial charge on any atom is 0.275 e. The molecule has 1 heterocycles. The number of halogens is 3. The lowest BCUT2D eigenvalue weighted by atomic mass is 10.3. The van der Waals surface area contributed by atoms with Gasteiger partial charge in [-0.3, -0.25) is 4.79 Å². The second kappa shape index (κ2) is 5.94. The summed E-state index contributed by atoms with van der Waals surface area (Å²) in [6.45, 7) is 0. The molecule has 18 heavy (non-hydrogen) atoms. The van der Waals surface area contributed by atoms with E-state index >= 15 is 0 Å². The number of nitrogens with zero attached hydrogens (tertiary/aromatic N) is 2. The van der Waals surface area contributed by atoms with Crippen molar-refractivity contribution in [3.05, 3.63) is 49.5 Å². The first-order chi connectivity index (χ1) is 8.56. The van der Waals surface area contributed by atoms with E-state index in [2.05, 4.69) is 53.8 Å². The van der Waals surface area contributed by atoms with E-state index < -0.39 is 0 Å². The zero-order chi connectivity index (χ0) is 13.1. The molecule has 0 bridgehead atoms. The number of amides is 1. The van der Waals surface area contributed by atoms with Crippen LogP contribution in [0.2, 0.25) is 5.15 Å². The fourth-order valence-electron chi connectivity index (χ4n) is 1.20. The van der Waals surface area contributed by atoms with E-state index in [0.29, 0.717) is 5.69 Å². The summed E-state index contributed by atoms with van der Waals surface area (Å²) in [5.41, 5.74) is 0.901. The van der Waals surface area contributed by atoms with Gasteiger partial charge in [-0.15, -0.1) is 0 Å². The van der Waals surface area contributed by atoms with Gasteiger partial charge in [0.15, 0.2) is 0 Å². The Morgan fingerprint density at radius 1 is 1.33 bits per heavy atom. The molecule has 0 radical (unpaired) electrons. The summed E-state index contributed by atoms with van der Waals surface area (Å²) in [7, 11) is 0. The zero-order valence-corrected chi connectivity index (χ0v) is 13.3. The maximum atomic E-state index is 11.8. The highest BCUT2D eigenvalue weighted by Crippen LogP contribution is 2.23. The van der Waals surface area contributed by atoms with Crippen LogP contribution in [0.1, 0.15) is 10.5 Å². The third-order valence-electron chi connectivity index (χ3n) is 2.03. The highest BCUT2D eigenvalue weighted by atomic mass is 127. The van der Waals surface area contributed by atoms with Crippen LogP contribution in [-0.2, 0) is 0 Å². The molecule has 2 aromatic rings. The van der Waals surface area contributed by atoms with Crippen LogP contribution in [0.25, 0.3) is 0 Å². The topological polar surface area (TPSA) is 54.9 Å². The molecule has 0 aliphatic rings. The lowest BCUT2D eigenvalue weighted by molar-refractivity contribution is 0.102. The van der Waals surface area contributed by atoms with Crippen molar-refractivity contribution in [1.29, 1.82) is 0 Å². The van der Waals surface area contributed by atoms with Crippen LogP contribution < -0.4 is 5.32 Å². The largest absolute Gasteiger partial charge is 0.321 e. The standard InChI is InChI=1S/C11H6BrClIN3O/c12-7-3-6(1-2-8(7)14)17-11(18)9-4-16-10(13)5-15-9/h1-5H,(H,17,18). The van der Waals surface area contributed by atoms with Crippen LogP contribution in [0, 0.1) is 3.57 Å². The summed E-state index contributed by atoms with van der Waals surface area (Å²) in [5.74, 6) is -0.327. The van der Waals surface area contributed by atoms with Crippen molar-refractivity contribution < 1.29 is 4.79 Å². The smallest absolute Gasteiger partial charge is 0.275 e. The number of nitrogens with one attached hydrogen (secondary N) is 1. The van der Waals surface area contributed by atoms with Crippen molar-refractivity contribution >= 4 is 61.7 Å². The minimum absolute atomic E-state index is 0.217. The van der Waals surface area contributed by atoms with Crippen LogP contribution in [0.5, 0.6) is 0 Å². The van der Waals surface area contributed by atoms with Crippen molar-refractivity contribution in [3.8, 4) is 0 Å². The number of rotatable bonds is 2. The molecule has 92 valence electrons. The van der Waals surface area contributed by atoms with Gasteiger partial charge in [0.2, 0.25) is 0 Å². The van der Waals surface area contributed by atoms with Crippen molar-refractivity contribution in [2.24, 2.45) is 0 Å². The highest BCUT2D eigenvalue weighted by molar-refractivity contribution is 14.1. The molecule has 2 rings (SSSR count). The summed E-state index contributed by atoms with van der Waals surface area (Å²) in [6, 6.07) is 5.53. The van der Waals surface area contributed by atoms with Crippen LogP contribution in [-0.4, -0.2) is 15.9 Å². The molecule has 7 heteroatoms. The molecule has 4 nitrogen and oxygen atoms in total. The predicted octanol–water partition coefficient (Wildman–Crippen LogP) is 3.75. The van der Waals surface area contributed by atoms with Gasteiger partial charge in [-0.2, -0.15) is 0 Å². The van der Waals surface area contributed by atoms with E-state index in [0.717, 1.165) is 8.04 Å². The van der Waals surface area contributed by atoms with E-state index in [4.69, 9.17) is 11.6 Å². The summed E-state index contributed by atoms with van der Waals surface area (Å²) in [4.78, 5) is 19.5. The average Bonchev–Trinajstić information content (AvgIpc) is 2.34. The molecule has 1 N–H and O–H groups in total. The van der Waals surface area contributed by atoms with Gasteiger partial charge in [0.25, 0.3) is 5.91 Å². The Kier molecular flexibility index (Phi) is 4.52. The van der Waals surface area contributed by atoms with Crippen LogP contribution in [0.4, 0.5) is 5.69 Å². The third-order valence-corrected chi connectivity index (χ3v) is 4.56. The SMILES string of the molecule is O=C(Nc1ccc(I)c(Br)c1)c1cnc(Cl)cn1. The minimum Gasteiger partial charge on any atom is -0.321 e. The molecule has 1 amide bonds. The van der Waals surface area contributed by atoms with Gasteiger partial charge < -0.3 is 5.32 Å². The van der Waals surface area contributed by atoms with Crippen molar-refractivity contribution in [2.45, 2.75) is 0 Å². The number of hydrogen-bond donors (Lipinski definition) is 1. The van der Waals surface area contributed by atoms with Gasteiger partial charge in [0, 0.05) is 13.7 Å². The number of anilines is 1. The van der Waals surface area contributed by atoms with Crippen molar-refractivity contribution in [1.82, 2.24) is 9.97 Å². The van der Waals surface area contributed by atoms with Gasteiger partial charge in [-0.05, 0) is 56.7 Å². The van der Waals surface area contributed by atoms with Gasteiger partial charge >= 0.3 is 0 Å². The van der Waals surface area contributed by atoms with Crippen molar-refractivity contribution in [2.75, 3.05) is 5.32 Å². The second-order valence-electron chi connectivity index (χ2n) is 3.31. The fraction of sp³-hybridized carbons (Fsp3) is 0. The minimum atomic E-state index is -0.327. The maximum absolute atomic E-state index is 11.8. The molecular weight excluding hydrogens is 432 g/mol. The first-order valence-electron chi connectivity index (χ1n) is 4.80. The molecule has 0 saturated carbocycles. The van der Waals surface area contributed by atoms with E-state index in [9.17, 15) is 4.79 Å². The van der Waals surface area contributed by atoms with Crippen LogP contribution in [0.15, 0.2) is 35.1 Å². The van der Waals surface area contributed by atoms with Gasteiger partial charge in [0.05, 0.1) is 12.4 Å². The molecule has 0 atom stereocenters. The summed E-state index contributed by atoms with van der Waals surface area (Å²) in [6.07, 6.45) is 2.67. The first kappa shape index (κ1) is 13.7. The lowest BCUT2D eigenvalue weighted by Crippen LogP contribution is -2.13. The Balaban J connectivity index is 2.16. The number of carbonyl (C=O) groups excluding carboxylic acids is 1.